The average Bonchev–Trinajstić information content (AvgIpc) is 4.03. The van der Waals surface area contributed by atoms with E-state index in [2.05, 4.69) is 61.4 Å². The van der Waals surface area contributed by atoms with E-state index in [9.17, 15) is 14.4 Å². The van der Waals surface area contributed by atoms with Crippen LogP contribution in [0, 0.1) is 0 Å². The quantitative estimate of drug-likeness (QED) is 0.0814. The highest BCUT2D eigenvalue weighted by Gasteiger charge is 2.28. The van der Waals surface area contributed by atoms with Gasteiger partial charge in [0, 0.05) is 62.7 Å². The first kappa shape index (κ1) is 43.4. The van der Waals surface area contributed by atoms with Crippen molar-refractivity contribution in [3.8, 4) is 0 Å². The van der Waals surface area contributed by atoms with Gasteiger partial charge in [-0.25, -0.2) is 14.6 Å². The zero-order valence-electron chi connectivity index (χ0n) is 34.4. The van der Waals surface area contributed by atoms with Gasteiger partial charge in [-0.3, -0.25) is 14.7 Å². The Bertz CT molecular complexity index is 2060. The number of amides is 4. The Labute approximate surface area is 354 Å². The minimum Gasteiger partial charge on any atom is -0.444 e. The fraction of sp³-hybridized carbons (Fsp3) is 0.465. The summed E-state index contributed by atoms with van der Waals surface area (Å²) in [6.45, 7) is 9.51. The number of aromatic nitrogens is 5. The fourth-order valence-corrected chi connectivity index (χ4v) is 8.48. The van der Waals surface area contributed by atoms with E-state index in [1.165, 1.54) is 11.3 Å². The molecule has 1 aliphatic rings. The number of nitrogens with one attached hydrogen (secondary N) is 3. The minimum absolute atomic E-state index is 0.143. The number of ether oxygens (including phenoxy) is 1. The van der Waals surface area contributed by atoms with Gasteiger partial charge in [0.25, 0.3) is 0 Å². The van der Waals surface area contributed by atoms with Crippen molar-refractivity contribution >= 4 is 40.7 Å². The largest absolute Gasteiger partial charge is 0.444 e. The van der Waals surface area contributed by atoms with E-state index in [0.717, 1.165) is 57.9 Å². The van der Waals surface area contributed by atoms with Gasteiger partial charge in [-0.1, -0.05) is 81.4 Å². The average molecular weight is 841 g/mol. The summed E-state index contributed by atoms with van der Waals surface area (Å²) in [5.41, 5.74) is 4.67. The molecule has 4 heterocycles. The van der Waals surface area contributed by atoms with Crippen LogP contribution in [0.15, 0.2) is 77.8 Å². The normalized spacial score (nSPS) is 14.3. The van der Waals surface area contributed by atoms with E-state index in [1.54, 1.807) is 35.0 Å². The van der Waals surface area contributed by atoms with Crippen molar-refractivity contribution in [1.82, 2.24) is 50.5 Å². The SMILES string of the molecule is CCc1nnc2n1CCN(CCC(NC(=O)N(C)Cc1csc(C(C)C)n1)C(=O)NC(CCC(Cc1ccccc1)NC(=O)OCc1cncs1)Cc1ccccc1)C2. The lowest BCUT2D eigenvalue weighted by Crippen LogP contribution is -2.53. The third-order valence-corrected chi connectivity index (χ3v) is 12.3. The number of urea groups is 1. The molecule has 3 N–H and O–H groups in total. The summed E-state index contributed by atoms with van der Waals surface area (Å²) in [4.78, 5) is 54.8. The summed E-state index contributed by atoms with van der Waals surface area (Å²) in [6, 6.07) is 18.3. The predicted octanol–water partition coefficient (Wildman–Crippen LogP) is 6.34. The summed E-state index contributed by atoms with van der Waals surface area (Å²) in [7, 11) is 1.72. The maximum absolute atomic E-state index is 14.5. The summed E-state index contributed by atoms with van der Waals surface area (Å²) < 4.78 is 7.73. The molecule has 4 amide bonds. The molecule has 0 bridgehead atoms. The Kier molecular flexibility index (Phi) is 16.0. The smallest absolute Gasteiger partial charge is 0.407 e. The van der Waals surface area contributed by atoms with Gasteiger partial charge in [-0.2, -0.15) is 0 Å². The Balaban J connectivity index is 1.16. The van der Waals surface area contributed by atoms with E-state index in [1.807, 2.05) is 66.0 Å². The molecular weight excluding hydrogens is 785 g/mol. The third kappa shape index (κ3) is 13.2. The zero-order chi connectivity index (χ0) is 41.6. The third-order valence-electron chi connectivity index (χ3n) is 10.4. The first-order chi connectivity index (χ1) is 28.6. The molecule has 16 heteroatoms. The summed E-state index contributed by atoms with van der Waals surface area (Å²) in [5.74, 6) is 1.94. The molecule has 0 radical (unpaired) electrons. The van der Waals surface area contributed by atoms with Gasteiger partial charge in [0.1, 0.15) is 24.3 Å². The topological polar surface area (TPSA) is 160 Å². The first-order valence-corrected chi connectivity index (χ1v) is 22.2. The van der Waals surface area contributed by atoms with Crippen molar-refractivity contribution in [3.05, 3.63) is 116 Å². The minimum atomic E-state index is -0.809. The van der Waals surface area contributed by atoms with E-state index in [-0.39, 0.29) is 30.6 Å². The van der Waals surface area contributed by atoms with Gasteiger partial charge in [0.05, 0.1) is 34.2 Å². The number of aryl methyl sites for hydroxylation is 1. The van der Waals surface area contributed by atoms with E-state index >= 15 is 0 Å². The van der Waals surface area contributed by atoms with Gasteiger partial charge in [0.2, 0.25) is 5.91 Å². The molecule has 0 saturated carbocycles. The molecule has 2 aromatic carbocycles. The second-order valence-electron chi connectivity index (χ2n) is 15.3. The molecule has 0 spiro atoms. The Hall–Kier alpha value is -5.19. The highest BCUT2D eigenvalue weighted by Crippen LogP contribution is 2.21. The maximum atomic E-state index is 14.5. The van der Waals surface area contributed by atoms with Crippen molar-refractivity contribution in [1.29, 1.82) is 0 Å². The molecule has 3 unspecified atom stereocenters. The molecule has 0 fully saturated rings. The van der Waals surface area contributed by atoms with Gasteiger partial charge in [-0.05, 0) is 43.2 Å². The van der Waals surface area contributed by atoms with Crippen LogP contribution in [0.4, 0.5) is 9.59 Å². The summed E-state index contributed by atoms with van der Waals surface area (Å²) in [5, 5.41) is 21.3. The van der Waals surface area contributed by atoms with Crippen LogP contribution in [-0.4, -0.2) is 90.8 Å². The highest BCUT2D eigenvalue weighted by molar-refractivity contribution is 7.09. The molecule has 3 atom stereocenters. The molecule has 314 valence electrons. The number of hydrogen-bond donors (Lipinski definition) is 3. The number of nitrogens with zero attached hydrogens (tertiary/aromatic N) is 7. The second-order valence-corrected chi connectivity index (χ2v) is 17.2. The van der Waals surface area contributed by atoms with Crippen LogP contribution in [0.1, 0.15) is 84.3 Å². The molecule has 0 aliphatic carbocycles. The van der Waals surface area contributed by atoms with Crippen LogP contribution in [0.3, 0.4) is 0 Å². The van der Waals surface area contributed by atoms with Gasteiger partial charge >= 0.3 is 12.1 Å². The Morgan fingerprint density at radius 1 is 0.881 bits per heavy atom. The number of alkyl carbamates (subject to hydrolysis) is 1. The van der Waals surface area contributed by atoms with Gasteiger partial charge < -0.3 is 30.2 Å². The number of carbonyl (C=O) groups is 3. The summed E-state index contributed by atoms with van der Waals surface area (Å²) >= 11 is 3.02. The number of benzene rings is 2. The van der Waals surface area contributed by atoms with E-state index < -0.39 is 12.1 Å². The fourth-order valence-electron chi connectivity index (χ4n) is 7.15. The van der Waals surface area contributed by atoms with Crippen LogP contribution >= 0.6 is 22.7 Å². The van der Waals surface area contributed by atoms with Crippen LogP contribution in [0.5, 0.6) is 0 Å². The standard InChI is InChI=1S/C43H56N10O4S2/c1-5-38-49-50-39-26-52(20-21-53(38)39)19-18-37(48-42(55)51(4)25-35-28-58-41(46-35)30(2)3)40(54)45-33(22-31-12-8-6-9-13-31)16-17-34(23-32-14-10-7-11-15-32)47-43(56)57-27-36-24-44-29-59-36/h6-15,24,28-30,33-34,37H,5,16-23,25-27H2,1-4H3,(H,45,54)(H,47,56)(H,48,55). The lowest BCUT2D eigenvalue weighted by Gasteiger charge is -2.30. The van der Waals surface area contributed by atoms with Crippen LogP contribution in [0.2, 0.25) is 0 Å². The lowest BCUT2D eigenvalue weighted by atomic mass is 9.95. The molecule has 5 aromatic rings. The zero-order valence-corrected chi connectivity index (χ0v) is 36.0. The van der Waals surface area contributed by atoms with Gasteiger partial charge in [-0.15, -0.1) is 32.9 Å². The number of thiazole rings is 2. The molecule has 0 saturated heterocycles. The van der Waals surface area contributed by atoms with Crippen molar-refractivity contribution in [2.75, 3.05) is 20.1 Å². The van der Waals surface area contributed by atoms with Crippen molar-refractivity contribution < 1.29 is 19.1 Å². The van der Waals surface area contributed by atoms with E-state index in [4.69, 9.17) is 9.72 Å². The predicted molar refractivity (Wildman–Crippen MR) is 230 cm³/mol. The number of fused-ring (bicyclic) bond motifs is 1. The first-order valence-electron chi connectivity index (χ1n) is 20.4. The molecule has 14 nitrogen and oxygen atoms in total. The Morgan fingerprint density at radius 3 is 2.20 bits per heavy atom. The number of rotatable bonds is 20. The van der Waals surface area contributed by atoms with Crippen molar-refractivity contribution in [2.24, 2.45) is 0 Å². The highest BCUT2D eigenvalue weighted by atomic mass is 32.1. The summed E-state index contributed by atoms with van der Waals surface area (Å²) in [6.07, 6.45) is 4.71. The van der Waals surface area contributed by atoms with Crippen LogP contribution < -0.4 is 16.0 Å². The molecule has 1 aliphatic heterocycles. The molecule has 59 heavy (non-hydrogen) atoms. The van der Waals surface area contributed by atoms with Crippen LogP contribution in [-0.2, 0) is 55.0 Å². The second kappa shape index (κ2) is 21.7. The van der Waals surface area contributed by atoms with Crippen molar-refractivity contribution in [2.45, 2.75) is 110 Å². The maximum Gasteiger partial charge on any atom is 0.407 e. The Morgan fingerprint density at radius 2 is 1.58 bits per heavy atom. The van der Waals surface area contributed by atoms with Crippen LogP contribution in [0.25, 0.3) is 0 Å². The monoisotopic (exact) mass is 840 g/mol. The van der Waals surface area contributed by atoms with Crippen molar-refractivity contribution in [3.63, 3.8) is 0 Å². The molecular formula is C43H56N10O4S2. The molecule has 6 rings (SSSR count). The number of carbonyl (C=O) groups excluding carboxylic acids is 3. The number of hydrogen-bond acceptors (Lipinski definition) is 11. The van der Waals surface area contributed by atoms with Gasteiger partial charge in [0.15, 0.2) is 0 Å². The lowest BCUT2D eigenvalue weighted by molar-refractivity contribution is -0.124. The van der Waals surface area contributed by atoms with E-state index in [0.29, 0.717) is 57.7 Å². The molecule has 3 aromatic heterocycles.